The molecule has 5 heteroatoms. The number of hydrogen-bond donors (Lipinski definition) is 0. The Balaban J connectivity index is 2.03. The molecule has 0 aliphatic heterocycles. The summed E-state index contributed by atoms with van der Waals surface area (Å²) in [6.45, 7) is 1.96. The van der Waals surface area contributed by atoms with Gasteiger partial charge in [-0.3, -0.25) is 4.79 Å². The van der Waals surface area contributed by atoms with Gasteiger partial charge >= 0.3 is 0 Å². The van der Waals surface area contributed by atoms with E-state index >= 15 is 0 Å². The fourth-order valence-corrected chi connectivity index (χ4v) is 2.57. The zero-order valence-corrected chi connectivity index (χ0v) is 12.9. The third-order valence-electron chi connectivity index (χ3n) is 3.92. The zero-order chi connectivity index (χ0) is 15.7. The maximum absolute atomic E-state index is 12.5. The lowest BCUT2D eigenvalue weighted by Crippen LogP contribution is -2.21. The van der Waals surface area contributed by atoms with Crippen molar-refractivity contribution >= 4 is 11.0 Å². The molecule has 0 aliphatic carbocycles. The first-order valence-electron chi connectivity index (χ1n) is 7.24. The Morgan fingerprint density at radius 3 is 2.64 bits per heavy atom. The van der Waals surface area contributed by atoms with Crippen LogP contribution in [0.15, 0.2) is 39.6 Å². The van der Waals surface area contributed by atoms with E-state index in [1.54, 1.807) is 18.7 Å². The number of rotatable bonds is 4. The van der Waals surface area contributed by atoms with Crippen LogP contribution in [0.2, 0.25) is 0 Å². The lowest BCUT2D eigenvalue weighted by atomic mass is 10.1. The highest BCUT2D eigenvalue weighted by molar-refractivity contribution is 5.78. The van der Waals surface area contributed by atoms with Crippen molar-refractivity contribution in [2.45, 2.75) is 19.8 Å². The topological polar surface area (TPSA) is 57.3 Å². The molecule has 0 aliphatic rings. The normalized spacial score (nSPS) is 11.0. The van der Waals surface area contributed by atoms with Crippen LogP contribution in [0.1, 0.15) is 23.9 Å². The fraction of sp³-hybridized carbons (Fsp3) is 0.294. The Morgan fingerprint density at radius 2 is 2.00 bits per heavy atom. The minimum atomic E-state index is -0.0564. The van der Waals surface area contributed by atoms with Crippen molar-refractivity contribution in [2.75, 3.05) is 7.11 Å². The van der Waals surface area contributed by atoms with Crippen molar-refractivity contribution in [2.24, 2.45) is 7.05 Å². The highest BCUT2D eigenvalue weighted by Crippen LogP contribution is 2.19. The Bertz CT molecular complexity index is 860. The van der Waals surface area contributed by atoms with Crippen LogP contribution in [0, 0.1) is 0 Å². The second kappa shape index (κ2) is 5.67. The molecule has 0 amide bonds. The predicted molar refractivity (Wildman–Crippen MR) is 84.4 cm³/mol. The molecule has 0 spiro atoms. The summed E-state index contributed by atoms with van der Waals surface area (Å²) in [7, 11) is 3.43. The first kappa shape index (κ1) is 14.4. The number of fused-ring (bicyclic) bond motifs is 1. The summed E-state index contributed by atoms with van der Waals surface area (Å²) in [6, 6.07) is 9.70. The minimum Gasteiger partial charge on any atom is -0.497 e. The molecule has 0 N–H and O–H groups in total. The van der Waals surface area contributed by atoms with E-state index in [0.717, 1.165) is 17.0 Å². The van der Waals surface area contributed by atoms with E-state index in [2.05, 4.69) is 5.16 Å². The maximum Gasteiger partial charge on any atom is 0.263 e. The van der Waals surface area contributed by atoms with Gasteiger partial charge in [0.2, 0.25) is 0 Å². The highest BCUT2D eigenvalue weighted by Gasteiger charge is 2.15. The molecule has 0 atom stereocenters. The summed E-state index contributed by atoms with van der Waals surface area (Å²) in [5, 5.41) is 4.57. The van der Waals surface area contributed by atoms with Crippen molar-refractivity contribution in [3.8, 4) is 5.75 Å². The van der Waals surface area contributed by atoms with Crippen LogP contribution in [0.25, 0.3) is 11.0 Å². The summed E-state index contributed by atoms with van der Waals surface area (Å²) in [4.78, 5) is 12.5. The first-order chi connectivity index (χ1) is 10.6. The molecule has 22 heavy (non-hydrogen) atoms. The molecular weight excluding hydrogens is 280 g/mol. The van der Waals surface area contributed by atoms with Crippen LogP contribution in [-0.2, 0) is 19.9 Å². The molecule has 114 valence electrons. The van der Waals surface area contributed by atoms with Gasteiger partial charge in [0.15, 0.2) is 5.58 Å². The van der Waals surface area contributed by atoms with E-state index in [9.17, 15) is 4.79 Å². The van der Waals surface area contributed by atoms with Crippen molar-refractivity contribution < 1.29 is 9.26 Å². The molecule has 1 aromatic carbocycles. The summed E-state index contributed by atoms with van der Waals surface area (Å²) >= 11 is 0. The van der Waals surface area contributed by atoms with Crippen LogP contribution in [0.5, 0.6) is 5.75 Å². The molecule has 3 aromatic rings. The van der Waals surface area contributed by atoms with Crippen molar-refractivity contribution in [1.82, 2.24) is 9.72 Å². The Morgan fingerprint density at radius 1 is 1.27 bits per heavy atom. The van der Waals surface area contributed by atoms with E-state index in [1.165, 1.54) is 0 Å². The number of pyridine rings is 1. The molecule has 0 saturated heterocycles. The molecule has 2 aromatic heterocycles. The van der Waals surface area contributed by atoms with Crippen molar-refractivity contribution in [1.29, 1.82) is 0 Å². The number of aromatic nitrogens is 2. The van der Waals surface area contributed by atoms with Gasteiger partial charge in [0.05, 0.1) is 12.8 Å². The van der Waals surface area contributed by atoms with Gasteiger partial charge in [0.1, 0.15) is 11.1 Å². The van der Waals surface area contributed by atoms with E-state index in [-0.39, 0.29) is 5.56 Å². The van der Waals surface area contributed by atoms with Gasteiger partial charge in [0, 0.05) is 25.2 Å². The predicted octanol–water partition coefficient (Wildman–Crippen LogP) is 2.69. The number of hydrogen-bond acceptors (Lipinski definition) is 4. The SMILES string of the molecule is CCc1noc2cc(Cc3ccc(OC)cc3)n(C)c(=O)c12. The van der Waals surface area contributed by atoms with Gasteiger partial charge in [-0.15, -0.1) is 0 Å². The summed E-state index contributed by atoms with van der Waals surface area (Å²) in [5.41, 5.74) is 3.21. The standard InChI is InChI=1S/C17H18N2O3/c1-4-14-16-15(22-18-14)10-12(19(2)17(16)20)9-11-5-7-13(21-3)8-6-11/h5-8,10H,4,9H2,1-3H3. The average Bonchev–Trinajstić information content (AvgIpc) is 2.96. The van der Waals surface area contributed by atoms with Crippen molar-refractivity contribution in [3.05, 3.63) is 57.6 Å². The molecule has 0 bridgehead atoms. The summed E-state index contributed by atoms with van der Waals surface area (Å²) in [6.07, 6.45) is 1.33. The number of aryl methyl sites for hydroxylation is 1. The molecule has 5 nitrogen and oxygen atoms in total. The van der Waals surface area contributed by atoms with Crippen LogP contribution in [0.3, 0.4) is 0 Å². The molecule has 0 fully saturated rings. The third kappa shape index (κ3) is 2.39. The molecule has 2 heterocycles. The highest BCUT2D eigenvalue weighted by atomic mass is 16.5. The quantitative estimate of drug-likeness (QED) is 0.743. The van der Waals surface area contributed by atoms with Gasteiger partial charge in [-0.2, -0.15) is 0 Å². The Kier molecular flexibility index (Phi) is 3.71. The summed E-state index contributed by atoms with van der Waals surface area (Å²) in [5.74, 6) is 0.816. The molecule has 0 unspecified atom stereocenters. The van der Waals surface area contributed by atoms with Gasteiger partial charge in [-0.05, 0) is 24.1 Å². The minimum absolute atomic E-state index is 0.0564. The van der Waals surface area contributed by atoms with Crippen LogP contribution >= 0.6 is 0 Å². The Hall–Kier alpha value is -2.56. The summed E-state index contributed by atoms with van der Waals surface area (Å²) < 4.78 is 12.1. The number of benzene rings is 1. The number of ether oxygens (including phenoxy) is 1. The lowest BCUT2D eigenvalue weighted by Gasteiger charge is -2.09. The average molecular weight is 298 g/mol. The smallest absolute Gasteiger partial charge is 0.263 e. The van der Waals surface area contributed by atoms with Gasteiger partial charge in [-0.25, -0.2) is 0 Å². The van der Waals surface area contributed by atoms with E-state index in [0.29, 0.717) is 29.5 Å². The second-order valence-electron chi connectivity index (χ2n) is 5.25. The number of methoxy groups -OCH3 is 1. The second-order valence-corrected chi connectivity index (χ2v) is 5.25. The van der Waals surface area contributed by atoms with Gasteiger partial charge in [0.25, 0.3) is 5.56 Å². The van der Waals surface area contributed by atoms with Crippen molar-refractivity contribution in [3.63, 3.8) is 0 Å². The van der Waals surface area contributed by atoms with Crippen LogP contribution in [0.4, 0.5) is 0 Å². The van der Waals surface area contributed by atoms with Gasteiger partial charge in [-0.1, -0.05) is 24.2 Å². The molecular formula is C17H18N2O3. The third-order valence-corrected chi connectivity index (χ3v) is 3.92. The van der Waals surface area contributed by atoms with Crippen LogP contribution < -0.4 is 10.3 Å². The van der Waals surface area contributed by atoms with E-state index in [1.807, 2.05) is 37.3 Å². The van der Waals surface area contributed by atoms with Crippen LogP contribution in [-0.4, -0.2) is 16.8 Å². The lowest BCUT2D eigenvalue weighted by molar-refractivity contribution is 0.414. The number of nitrogens with zero attached hydrogens (tertiary/aromatic N) is 2. The monoisotopic (exact) mass is 298 g/mol. The maximum atomic E-state index is 12.5. The Labute approximate surface area is 128 Å². The van der Waals surface area contributed by atoms with E-state index < -0.39 is 0 Å². The molecule has 0 saturated carbocycles. The van der Waals surface area contributed by atoms with E-state index in [4.69, 9.17) is 9.26 Å². The largest absolute Gasteiger partial charge is 0.497 e. The molecule has 0 radical (unpaired) electrons. The molecule has 3 rings (SSSR count). The first-order valence-corrected chi connectivity index (χ1v) is 7.24. The zero-order valence-electron chi connectivity index (χ0n) is 12.9. The van der Waals surface area contributed by atoms with Gasteiger partial charge < -0.3 is 13.8 Å². The fourth-order valence-electron chi connectivity index (χ4n) is 2.57.